The molecule has 0 amide bonds. The fourth-order valence-corrected chi connectivity index (χ4v) is 3.28. The summed E-state index contributed by atoms with van der Waals surface area (Å²) in [7, 11) is 2.14. The molecule has 0 saturated heterocycles. The summed E-state index contributed by atoms with van der Waals surface area (Å²) in [6.45, 7) is 16.3. The van der Waals surface area contributed by atoms with Gasteiger partial charge in [0.1, 0.15) is 0 Å². The lowest BCUT2D eigenvalue weighted by Crippen LogP contribution is -2.23. The highest BCUT2D eigenvalue weighted by Crippen LogP contribution is 2.33. The standard InChI is InChI=1S/C15H29N3S/c1-8-16-9-12-13(15(4,5)6)17-14(19-12)18(7)10-11(2)3/h11,16H,8-10H2,1-7H3. The molecule has 0 radical (unpaired) electrons. The van der Waals surface area contributed by atoms with Gasteiger partial charge in [-0.25, -0.2) is 4.98 Å². The number of aromatic nitrogens is 1. The molecule has 1 heterocycles. The van der Waals surface area contributed by atoms with E-state index in [0.29, 0.717) is 5.92 Å². The lowest BCUT2D eigenvalue weighted by atomic mass is 9.91. The molecule has 0 spiro atoms. The predicted octanol–water partition coefficient (Wildman–Crippen LogP) is 3.64. The molecule has 0 unspecified atom stereocenters. The fraction of sp³-hybridized carbons (Fsp3) is 0.800. The third kappa shape index (κ3) is 4.77. The van der Waals surface area contributed by atoms with E-state index in [1.807, 2.05) is 11.3 Å². The molecule has 0 saturated carbocycles. The number of rotatable bonds is 6. The van der Waals surface area contributed by atoms with E-state index in [0.717, 1.165) is 24.8 Å². The van der Waals surface area contributed by atoms with E-state index in [1.54, 1.807) is 0 Å². The first kappa shape index (κ1) is 16.4. The minimum Gasteiger partial charge on any atom is -0.351 e. The van der Waals surface area contributed by atoms with E-state index in [1.165, 1.54) is 10.6 Å². The Morgan fingerprint density at radius 2 is 1.95 bits per heavy atom. The molecule has 1 rings (SSSR count). The molecule has 0 bridgehead atoms. The highest BCUT2D eigenvalue weighted by molar-refractivity contribution is 7.15. The number of hydrogen-bond donors (Lipinski definition) is 1. The maximum atomic E-state index is 4.89. The normalized spacial score (nSPS) is 12.2. The van der Waals surface area contributed by atoms with Crippen molar-refractivity contribution in [2.75, 3.05) is 25.0 Å². The van der Waals surface area contributed by atoms with Gasteiger partial charge in [0, 0.05) is 30.4 Å². The van der Waals surface area contributed by atoms with Gasteiger partial charge in [0.2, 0.25) is 0 Å². The largest absolute Gasteiger partial charge is 0.351 e. The van der Waals surface area contributed by atoms with Crippen molar-refractivity contribution in [2.45, 2.75) is 53.5 Å². The Balaban J connectivity index is 2.99. The first-order chi connectivity index (χ1) is 8.75. The molecule has 0 fully saturated rings. The number of hydrogen-bond acceptors (Lipinski definition) is 4. The van der Waals surface area contributed by atoms with Crippen molar-refractivity contribution in [3.8, 4) is 0 Å². The first-order valence-corrected chi connectivity index (χ1v) is 7.99. The molecule has 110 valence electrons. The third-order valence-electron chi connectivity index (χ3n) is 2.90. The summed E-state index contributed by atoms with van der Waals surface area (Å²) in [5, 5.41) is 4.57. The van der Waals surface area contributed by atoms with Crippen LogP contribution in [0.4, 0.5) is 5.13 Å². The van der Waals surface area contributed by atoms with Gasteiger partial charge < -0.3 is 10.2 Å². The number of anilines is 1. The molecule has 0 atom stereocenters. The Labute approximate surface area is 122 Å². The minimum absolute atomic E-state index is 0.109. The highest BCUT2D eigenvalue weighted by atomic mass is 32.1. The van der Waals surface area contributed by atoms with Crippen molar-refractivity contribution in [3.63, 3.8) is 0 Å². The minimum atomic E-state index is 0.109. The van der Waals surface area contributed by atoms with Crippen molar-refractivity contribution < 1.29 is 0 Å². The van der Waals surface area contributed by atoms with E-state index in [2.05, 4.69) is 58.8 Å². The second kappa shape index (κ2) is 6.71. The molecule has 1 aromatic heterocycles. The zero-order valence-corrected chi connectivity index (χ0v) is 14.3. The van der Waals surface area contributed by atoms with Crippen LogP contribution in [0.2, 0.25) is 0 Å². The van der Waals surface area contributed by atoms with E-state index >= 15 is 0 Å². The van der Waals surface area contributed by atoms with Crippen molar-refractivity contribution in [1.82, 2.24) is 10.3 Å². The summed E-state index contributed by atoms with van der Waals surface area (Å²) in [6.07, 6.45) is 0. The topological polar surface area (TPSA) is 28.2 Å². The van der Waals surface area contributed by atoms with Crippen LogP contribution in [0.15, 0.2) is 0 Å². The Morgan fingerprint density at radius 3 is 2.42 bits per heavy atom. The Morgan fingerprint density at radius 1 is 1.32 bits per heavy atom. The number of nitrogens with one attached hydrogen (secondary N) is 1. The molecule has 19 heavy (non-hydrogen) atoms. The van der Waals surface area contributed by atoms with Gasteiger partial charge in [-0.05, 0) is 12.5 Å². The van der Waals surface area contributed by atoms with Gasteiger partial charge in [0.15, 0.2) is 5.13 Å². The number of nitrogens with zero attached hydrogens (tertiary/aromatic N) is 2. The second-order valence-electron chi connectivity index (χ2n) is 6.57. The number of thiazole rings is 1. The Bertz CT molecular complexity index is 391. The SMILES string of the molecule is CCNCc1sc(N(C)CC(C)C)nc1C(C)(C)C. The van der Waals surface area contributed by atoms with Gasteiger partial charge in [0.05, 0.1) is 5.69 Å². The molecule has 0 aliphatic carbocycles. The summed E-state index contributed by atoms with van der Waals surface area (Å²) in [5.74, 6) is 0.657. The lowest BCUT2D eigenvalue weighted by Gasteiger charge is -2.19. The van der Waals surface area contributed by atoms with Crippen LogP contribution >= 0.6 is 11.3 Å². The molecule has 3 nitrogen and oxygen atoms in total. The van der Waals surface area contributed by atoms with E-state index in [-0.39, 0.29) is 5.41 Å². The van der Waals surface area contributed by atoms with Gasteiger partial charge in [-0.3, -0.25) is 0 Å². The lowest BCUT2D eigenvalue weighted by molar-refractivity contribution is 0.559. The molecule has 1 N–H and O–H groups in total. The van der Waals surface area contributed by atoms with Crippen LogP contribution in [0.1, 0.15) is 52.1 Å². The molecule has 1 aromatic rings. The Kier molecular flexibility index (Phi) is 5.81. The van der Waals surface area contributed by atoms with Crippen molar-refractivity contribution in [3.05, 3.63) is 10.6 Å². The molecular formula is C15H29N3S. The first-order valence-electron chi connectivity index (χ1n) is 7.17. The smallest absolute Gasteiger partial charge is 0.185 e. The van der Waals surface area contributed by atoms with Crippen LogP contribution in [0.25, 0.3) is 0 Å². The van der Waals surface area contributed by atoms with Gasteiger partial charge in [0.25, 0.3) is 0 Å². The van der Waals surface area contributed by atoms with Gasteiger partial charge >= 0.3 is 0 Å². The van der Waals surface area contributed by atoms with Gasteiger partial charge in [-0.1, -0.05) is 41.5 Å². The zero-order valence-electron chi connectivity index (χ0n) is 13.5. The van der Waals surface area contributed by atoms with Crippen LogP contribution in [0.3, 0.4) is 0 Å². The molecule has 0 aliphatic heterocycles. The van der Waals surface area contributed by atoms with Crippen LogP contribution < -0.4 is 10.2 Å². The van der Waals surface area contributed by atoms with E-state index < -0.39 is 0 Å². The average Bonchev–Trinajstić information content (AvgIpc) is 2.69. The summed E-state index contributed by atoms with van der Waals surface area (Å²) in [4.78, 5) is 8.54. The van der Waals surface area contributed by atoms with Gasteiger partial charge in [-0.15, -0.1) is 11.3 Å². The summed E-state index contributed by atoms with van der Waals surface area (Å²) < 4.78 is 0. The molecule has 0 aliphatic rings. The van der Waals surface area contributed by atoms with Gasteiger partial charge in [-0.2, -0.15) is 0 Å². The van der Waals surface area contributed by atoms with Crippen molar-refractivity contribution >= 4 is 16.5 Å². The monoisotopic (exact) mass is 283 g/mol. The van der Waals surface area contributed by atoms with Crippen molar-refractivity contribution in [2.24, 2.45) is 5.92 Å². The van der Waals surface area contributed by atoms with Crippen molar-refractivity contribution in [1.29, 1.82) is 0 Å². The maximum absolute atomic E-state index is 4.89. The third-order valence-corrected chi connectivity index (χ3v) is 4.07. The molecular weight excluding hydrogens is 254 g/mol. The molecule has 0 aromatic carbocycles. The second-order valence-corrected chi connectivity index (χ2v) is 7.63. The fourth-order valence-electron chi connectivity index (χ4n) is 2.07. The van der Waals surface area contributed by atoms with E-state index in [4.69, 9.17) is 4.98 Å². The summed E-state index contributed by atoms with van der Waals surface area (Å²) in [6, 6.07) is 0. The van der Waals surface area contributed by atoms with Crippen LogP contribution in [0, 0.1) is 5.92 Å². The van der Waals surface area contributed by atoms with Crippen LogP contribution in [-0.2, 0) is 12.0 Å². The van der Waals surface area contributed by atoms with Crippen LogP contribution in [0.5, 0.6) is 0 Å². The molecule has 4 heteroatoms. The quantitative estimate of drug-likeness (QED) is 0.864. The Hall–Kier alpha value is -0.610. The average molecular weight is 283 g/mol. The summed E-state index contributed by atoms with van der Waals surface area (Å²) in [5.41, 5.74) is 1.35. The van der Waals surface area contributed by atoms with Crippen LogP contribution in [-0.4, -0.2) is 25.1 Å². The zero-order chi connectivity index (χ0) is 14.6. The predicted molar refractivity (Wildman–Crippen MR) is 86.3 cm³/mol. The highest BCUT2D eigenvalue weighted by Gasteiger charge is 2.24. The maximum Gasteiger partial charge on any atom is 0.185 e. The van der Waals surface area contributed by atoms with E-state index in [9.17, 15) is 0 Å². The summed E-state index contributed by atoms with van der Waals surface area (Å²) >= 11 is 1.83.